The van der Waals surface area contributed by atoms with Crippen molar-refractivity contribution in [3.63, 3.8) is 0 Å². The fourth-order valence-electron chi connectivity index (χ4n) is 2.42. The van der Waals surface area contributed by atoms with Gasteiger partial charge in [0, 0.05) is 12.6 Å². The van der Waals surface area contributed by atoms with Crippen LogP contribution < -0.4 is 5.73 Å². The minimum absolute atomic E-state index is 0.374. The molecule has 1 aliphatic heterocycles. The average Bonchev–Trinajstić information content (AvgIpc) is 2.80. The first-order chi connectivity index (χ1) is 7.75. The van der Waals surface area contributed by atoms with Gasteiger partial charge in [0.05, 0.1) is 0 Å². The molecular formula is C13H22N2S. The van der Waals surface area contributed by atoms with Gasteiger partial charge in [-0.2, -0.15) is 11.3 Å². The Labute approximate surface area is 102 Å². The molecule has 2 N–H and O–H groups in total. The molecule has 1 aliphatic rings. The maximum absolute atomic E-state index is 5.95. The Morgan fingerprint density at radius 1 is 1.50 bits per heavy atom. The number of nitrogens with two attached hydrogens (primary N) is 1. The van der Waals surface area contributed by atoms with E-state index < -0.39 is 0 Å². The highest BCUT2D eigenvalue weighted by atomic mass is 32.1. The van der Waals surface area contributed by atoms with Crippen LogP contribution in [0.1, 0.15) is 25.3 Å². The fraction of sp³-hybridized carbons (Fsp3) is 0.692. The normalized spacial score (nSPS) is 21.1. The second-order valence-electron chi connectivity index (χ2n) is 4.92. The molecule has 1 fully saturated rings. The Morgan fingerprint density at radius 3 is 2.81 bits per heavy atom. The Hall–Kier alpha value is -0.380. The molecule has 3 heteroatoms. The van der Waals surface area contributed by atoms with E-state index in [0.717, 1.165) is 5.92 Å². The number of hydrogen-bond acceptors (Lipinski definition) is 3. The number of likely N-dealkylation sites (tertiary alicyclic amines) is 1. The van der Waals surface area contributed by atoms with Crippen molar-refractivity contribution in [2.45, 2.75) is 32.2 Å². The number of hydrogen-bond donors (Lipinski definition) is 1. The summed E-state index contributed by atoms with van der Waals surface area (Å²) in [4.78, 5) is 2.58. The van der Waals surface area contributed by atoms with E-state index in [2.05, 4.69) is 28.7 Å². The van der Waals surface area contributed by atoms with E-state index in [4.69, 9.17) is 5.73 Å². The molecule has 0 saturated carbocycles. The Bertz CT molecular complexity index is 287. The molecular weight excluding hydrogens is 216 g/mol. The standard InChI is InChI=1S/C13H22N2S/c1-11(14)13-3-7-15(8-4-13)6-2-12-5-9-16-10-12/h5,9-11,13H,2-4,6-8,14H2,1H3. The van der Waals surface area contributed by atoms with Crippen LogP contribution in [0, 0.1) is 5.92 Å². The fourth-order valence-corrected chi connectivity index (χ4v) is 3.13. The minimum atomic E-state index is 0.374. The molecule has 0 amide bonds. The molecule has 0 radical (unpaired) electrons. The molecule has 2 rings (SSSR count). The topological polar surface area (TPSA) is 29.3 Å². The second kappa shape index (κ2) is 5.80. The van der Waals surface area contributed by atoms with Crippen LogP contribution >= 0.6 is 11.3 Å². The lowest BCUT2D eigenvalue weighted by Gasteiger charge is -2.33. The Kier molecular flexibility index (Phi) is 4.38. The van der Waals surface area contributed by atoms with Crippen LogP contribution in [0.4, 0.5) is 0 Å². The highest BCUT2D eigenvalue weighted by Crippen LogP contribution is 2.19. The number of piperidine rings is 1. The van der Waals surface area contributed by atoms with Crippen LogP contribution in [-0.4, -0.2) is 30.6 Å². The number of rotatable bonds is 4. The van der Waals surface area contributed by atoms with Crippen molar-refractivity contribution in [2.24, 2.45) is 11.7 Å². The van der Waals surface area contributed by atoms with Crippen LogP contribution in [-0.2, 0) is 6.42 Å². The van der Waals surface area contributed by atoms with Crippen molar-refractivity contribution in [1.29, 1.82) is 0 Å². The van der Waals surface area contributed by atoms with Gasteiger partial charge in [-0.1, -0.05) is 0 Å². The minimum Gasteiger partial charge on any atom is -0.328 e. The molecule has 1 aromatic rings. The third-order valence-electron chi connectivity index (χ3n) is 3.67. The molecule has 1 atom stereocenters. The monoisotopic (exact) mass is 238 g/mol. The van der Waals surface area contributed by atoms with Gasteiger partial charge in [-0.25, -0.2) is 0 Å². The molecule has 0 bridgehead atoms. The van der Waals surface area contributed by atoms with Crippen molar-refractivity contribution in [2.75, 3.05) is 19.6 Å². The third-order valence-corrected chi connectivity index (χ3v) is 4.40. The van der Waals surface area contributed by atoms with Crippen LogP contribution in [0.5, 0.6) is 0 Å². The van der Waals surface area contributed by atoms with Gasteiger partial charge in [-0.05, 0) is 67.6 Å². The van der Waals surface area contributed by atoms with Crippen molar-refractivity contribution in [1.82, 2.24) is 4.90 Å². The lowest BCUT2D eigenvalue weighted by Crippen LogP contribution is -2.40. The van der Waals surface area contributed by atoms with Crippen molar-refractivity contribution in [3.8, 4) is 0 Å². The molecule has 90 valence electrons. The van der Waals surface area contributed by atoms with Crippen LogP contribution in [0.25, 0.3) is 0 Å². The molecule has 1 aromatic heterocycles. The first-order valence-corrected chi connectivity index (χ1v) is 7.19. The van der Waals surface area contributed by atoms with Gasteiger partial charge in [0.2, 0.25) is 0 Å². The second-order valence-corrected chi connectivity index (χ2v) is 5.70. The van der Waals surface area contributed by atoms with Gasteiger partial charge in [-0.15, -0.1) is 0 Å². The van der Waals surface area contributed by atoms with Gasteiger partial charge >= 0.3 is 0 Å². The van der Waals surface area contributed by atoms with Gasteiger partial charge in [0.1, 0.15) is 0 Å². The molecule has 16 heavy (non-hydrogen) atoms. The zero-order valence-corrected chi connectivity index (χ0v) is 10.9. The van der Waals surface area contributed by atoms with Crippen molar-refractivity contribution >= 4 is 11.3 Å². The van der Waals surface area contributed by atoms with E-state index >= 15 is 0 Å². The molecule has 0 spiro atoms. The van der Waals surface area contributed by atoms with Crippen molar-refractivity contribution < 1.29 is 0 Å². The largest absolute Gasteiger partial charge is 0.328 e. The van der Waals surface area contributed by atoms with E-state index in [1.807, 2.05) is 0 Å². The molecule has 0 aliphatic carbocycles. The third kappa shape index (κ3) is 3.30. The smallest absolute Gasteiger partial charge is 0.00397 e. The summed E-state index contributed by atoms with van der Waals surface area (Å²) in [6.45, 7) is 5.82. The molecule has 1 saturated heterocycles. The Balaban J connectivity index is 1.69. The van der Waals surface area contributed by atoms with Crippen LogP contribution in [0.15, 0.2) is 16.8 Å². The summed E-state index contributed by atoms with van der Waals surface area (Å²) >= 11 is 1.80. The highest BCUT2D eigenvalue weighted by Gasteiger charge is 2.21. The molecule has 1 unspecified atom stereocenters. The summed E-state index contributed by atoms with van der Waals surface area (Å²) in [5.74, 6) is 0.748. The van der Waals surface area contributed by atoms with Crippen LogP contribution in [0.2, 0.25) is 0 Å². The quantitative estimate of drug-likeness (QED) is 0.872. The maximum Gasteiger partial charge on any atom is 0.00397 e. The maximum atomic E-state index is 5.95. The summed E-state index contributed by atoms with van der Waals surface area (Å²) in [6.07, 6.45) is 3.76. The first kappa shape index (κ1) is 12.1. The highest BCUT2D eigenvalue weighted by molar-refractivity contribution is 7.07. The van der Waals surface area contributed by atoms with Crippen LogP contribution in [0.3, 0.4) is 0 Å². The van der Waals surface area contributed by atoms with E-state index in [9.17, 15) is 0 Å². The zero-order chi connectivity index (χ0) is 11.4. The summed E-state index contributed by atoms with van der Waals surface area (Å²) in [5.41, 5.74) is 7.43. The SMILES string of the molecule is CC(N)C1CCN(CCc2ccsc2)CC1. The van der Waals surface area contributed by atoms with Gasteiger partial charge < -0.3 is 10.6 Å². The van der Waals surface area contributed by atoms with Gasteiger partial charge in [0.15, 0.2) is 0 Å². The van der Waals surface area contributed by atoms with E-state index in [1.165, 1.54) is 44.5 Å². The predicted octanol–water partition coefficient (Wildman–Crippen LogP) is 2.35. The summed E-state index contributed by atoms with van der Waals surface area (Å²) in [5, 5.41) is 4.42. The summed E-state index contributed by atoms with van der Waals surface area (Å²) in [7, 11) is 0. The van der Waals surface area contributed by atoms with Gasteiger partial charge in [-0.3, -0.25) is 0 Å². The molecule has 2 nitrogen and oxygen atoms in total. The Morgan fingerprint density at radius 2 is 2.25 bits per heavy atom. The lowest BCUT2D eigenvalue weighted by molar-refractivity contribution is 0.174. The number of nitrogens with zero attached hydrogens (tertiary/aromatic N) is 1. The number of thiophene rings is 1. The average molecular weight is 238 g/mol. The molecule has 2 heterocycles. The lowest BCUT2D eigenvalue weighted by atomic mass is 9.91. The van der Waals surface area contributed by atoms with E-state index in [-0.39, 0.29) is 0 Å². The zero-order valence-electron chi connectivity index (χ0n) is 10.1. The van der Waals surface area contributed by atoms with E-state index in [0.29, 0.717) is 6.04 Å². The van der Waals surface area contributed by atoms with Crippen molar-refractivity contribution in [3.05, 3.63) is 22.4 Å². The van der Waals surface area contributed by atoms with Gasteiger partial charge in [0.25, 0.3) is 0 Å². The summed E-state index contributed by atoms with van der Waals surface area (Å²) < 4.78 is 0. The summed E-state index contributed by atoms with van der Waals surface area (Å²) in [6, 6.07) is 2.61. The molecule has 0 aromatic carbocycles. The van der Waals surface area contributed by atoms with E-state index in [1.54, 1.807) is 11.3 Å². The predicted molar refractivity (Wildman–Crippen MR) is 70.8 cm³/mol. The first-order valence-electron chi connectivity index (χ1n) is 6.24.